The Morgan fingerprint density at radius 1 is 1.50 bits per heavy atom. The highest BCUT2D eigenvalue weighted by Crippen LogP contribution is 2.36. The Morgan fingerprint density at radius 3 is 2.90 bits per heavy atom. The van der Waals surface area contributed by atoms with Gasteiger partial charge in [0, 0.05) is 12.2 Å². The van der Waals surface area contributed by atoms with Crippen molar-refractivity contribution in [2.75, 3.05) is 5.32 Å². The number of nitrogens with zero attached hydrogens (tertiary/aromatic N) is 2. The Balaban J connectivity index is 1.86. The number of carbonyl (C=O) groups excluding carboxylic acids is 1. The molecule has 0 saturated heterocycles. The monoisotopic (exact) mass is 291 g/mol. The molecule has 0 aliphatic heterocycles. The number of carboxylic acids is 1. The Kier molecular flexibility index (Phi) is 3.06. The first-order valence-corrected chi connectivity index (χ1v) is 7.03. The molecule has 1 amide bonds. The van der Waals surface area contributed by atoms with Gasteiger partial charge in [-0.05, 0) is 43.4 Å². The normalized spacial score (nSPS) is 14.2. The van der Waals surface area contributed by atoms with Gasteiger partial charge in [0.25, 0.3) is 5.91 Å². The van der Waals surface area contributed by atoms with Crippen molar-refractivity contribution >= 4 is 28.4 Å². The van der Waals surface area contributed by atoms with Crippen LogP contribution in [0.3, 0.4) is 0 Å². The molecule has 2 aromatic heterocycles. The maximum absolute atomic E-state index is 12.3. The van der Waals surface area contributed by atoms with Crippen LogP contribution < -0.4 is 5.32 Å². The van der Waals surface area contributed by atoms with Gasteiger partial charge in [0.1, 0.15) is 16.3 Å². The van der Waals surface area contributed by atoms with Gasteiger partial charge in [0.2, 0.25) is 0 Å². The predicted molar refractivity (Wildman–Crippen MR) is 74.5 cm³/mol. The Labute approximate surface area is 119 Å². The summed E-state index contributed by atoms with van der Waals surface area (Å²) in [5, 5.41) is 12.1. The molecule has 1 aliphatic rings. The second-order valence-electron chi connectivity index (χ2n) is 4.76. The Hall–Kier alpha value is -2.15. The molecule has 1 fully saturated rings. The van der Waals surface area contributed by atoms with Gasteiger partial charge in [-0.15, -0.1) is 0 Å². The minimum atomic E-state index is -1.08. The Bertz CT molecular complexity index is 685. The average molecular weight is 291 g/mol. The first-order valence-electron chi connectivity index (χ1n) is 6.25. The van der Waals surface area contributed by atoms with Crippen LogP contribution >= 0.6 is 11.5 Å². The Morgan fingerprint density at radius 2 is 2.25 bits per heavy atom. The highest BCUT2D eigenvalue weighted by molar-refractivity contribution is 7.11. The van der Waals surface area contributed by atoms with E-state index in [4.69, 9.17) is 5.11 Å². The second-order valence-corrected chi connectivity index (χ2v) is 5.54. The first kappa shape index (κ1) is 12.9. The lowest BCUT2D eigenvalue weighted by atomic mass is 10.2. The molecular formula is C13H13N3O3S. The zero-order valence-electron chi connectivity index (χ0n) is 10.8. The summed E-state index contributed by atoms with van der Waals surface area (Å²) < 4.78 is 5.92. The SMILES string of the molecule is Cc1nsc(NC(=O)c2cccn2C2CC2)c1C(=O)O. The number of nitrogens with one attached hydrogen (secondary N) is 1. The number of aromatic nitrogens is 2. The van der Waals surface area contributed by atoms with E-state index in [1.807, 2.05) is 16.8 Å². The lowest BCUT2D eigenvalue weighted by Gasteiger charge is -2.07. The van der Waals surface area contributed by atoms with E-state index in [-0.39, 0.29) is 16.5 Å². The number of hydrogen-bond acceptors (Lipinski definition) is 4. The zero-order valence-corrected chi connectivity index (χ0v) is 11.6. The van der Waals surface area contributed by atoms with Gasteiger partial charge in [-0.25, -0.2) is 4.79 Å². The molecule has 2 N–H and O–H groups in total. The van der Waals surface area contributed by atoms with Gasteiger partial charge in [0.15, 0.2) is 0 Å². The fourth-order valence-electron chi connectivity index (χ4n) is 2.13. The molecule has 0 spiro atoms. The molecule has 6 nitrogen and oxygen atoms in total. The minimum absolute atomic E-state index is 0.0629. The van der Waals surface area contributed by atoms with Crippen LogP contribution in [0.1, 0.15) is 45.4 Å². The molecule has 0 atom stereocenters. The lowest BCUT2D eigenvalue weighted by molar-refractivity contribution is 0.0697. The average Bonchev–Trinajstić information content (AvgIpc) is 3.00. The molecule has 2 heterocycles. The van der Waals surface area contributed by atoms with Gasteiger partial charge >= 0.3 is 5.97 Å². The summed E-state index contributed by atoms with van der Waals surface area (Å²) in [7, 11) is 0. The summed E-state index contributed by atoms with van der Waals surface area (Å²) in [6.07, 6.45) is 4.03. The molecule has 0 unspecified atom stereocenters. The minimum Gasteiger partial charge on any atom is -0.478 e. The van der Waals surface area contributed by atoms with E-state index in [2.05, 4.69) is 9.69 Å². The summed E-state index contributed by atoms with van der Waals surface area (Å²) >= 11 is 0.988. The van der Waals surface area contributed by atoms with Gasteiger partial charge in [-0.3, -0.25) is 4.79 Å². The van der Waals surface area contributed by atoms with Crippen molar-refractivity contribution < 1.29 is 14.7 Å². The molecular weight excluding hydrogens is 278 g/mol. The summed E-state index contributed by atoms with van der Waals surface area (Å²) in [5.41, 5.74) is 1.03. The van der Waals surface area contributed by atoms with Crippen molar-refractivity contribution in [2.24, 2.45) is 0 Å². The van der Waals surface area contributed by atoms with E-state index in [1.54, 1.807) is 13.0 Å². The molecule has 0 radical (unpaired) electrons. The summed E-state index contributed by atoms with van der Waals surface area (Å²) in [5.74, 6) is -1.38. The van der Waals surface area contributed by atoms with Gasteiger partial charge < -0.3 is 15.0 Å². The van der Waals surface area contributed by atoms with E-state index >= 15 is 0 Å². The van der Waals surface area contributed by atoms with Crippen LogP contribution in [0.25, 0.3) is 0 Å². The van der Waals surface area contributed by atoms with Crippen molar-refractivity contribution in [1.29, 1.82) is 0 Å². The third-order valence-electron chi connectivity index (χ3n) is 3.26. The molecule has 0 bridgehead atoms. The van der Waals surface area contributed by atoms with Crippen molar-refractivity contribution in [3.05, 3.63) is 35.3 Å². The van der Waals surface area contributed by atoms with E-state index in [0.29, 0.717) is 17.4 Å². The van der Waals surface area contributed by atoms with Crippen LogP contribution in [-0.2, 0) is 0 Å². The molecule has 1 saturated carbocycles. The third kappa shape index (κ3) is 2.20. The van der Waals surface area contributed by atoms with Crippen molar-refractivity contribution in [3.8, 4) is 0 Å². The molecule has 3 rings (SSSR count). The smallest absolute Gasteiger partial charge is 0.340 e. The summed E-state index contributed by atoms with van der Waals surface area (Å²) in [6.45, 7) is 1.61. The largest absolute Gasteiger partial charge is 0.478 e. The zero-order chi connectivity index (χ0) is 14.3. The topological polar surface area (TPSA) is 84.2 Å². The number of carboxylic acid groups (broad SMARTS) is 1. The highest BCUT2D eigenvalue weighted by atomic mass is 32.1. The standard InChI is InChI=1S/C13H13N3O3S/c1-7-10(13(18)19)12(20-15-7)14-11(17)9-3-2-6-16(9)8-4-5-8/h2-3,6,8H,4-5H2,1H3,(H,14,17)(H,18,19). The summed E-state index contributed by atoms with van der Waals surface area (Å²) in [4.78, 5) is 23.4. The first-order chi connectivity index (χ1) is 9.58. The number of hydrogen-bond donors (Lipinski definition) is 2. The molecule has 0 aromatic carbocycles. The van der Waals surface area contributed by atoms with E-state index in [9.17, 15) is 9.59 Å². The van der Waals surface area contributed by atoms with Crippen molar-refractivity contribution in [1.82, 2.24) is 8.94 Å². The van der Waals surface area contributed by atoms with Crippen molar-refractivity contribution in [2.45, 2.75) is 25.8 Å². The molecule has 2 aromatic rings. The van der Waals surface area contributed by atoms with E-state index in [1.165, 1.54) is 0 Å². The lowest BCUT2D eigenvalue weighted by Crippen LogP contribution is -2.17. The third-order valence-corrected chi connectivity index (χ3v) is 4.11. The number of aryl methyl sites for hydroxylation is 1. The number of amides is 1. The van der Waals surface area contributed by atoms with Gasteiger partial charge in [-0.1, -0.05) is 0 Å². The van der Waals surface area contributed by atoms with E-state index < -0.39 is 5.97 Å². The molecule has 7 heteroatoms. The predicted octanol–water partition coefficient (Wildman–Crippen LogP) is 2.54. The van der Waals surface area contributed by atoms with Gasteiger partial charge in [0.05, 0.1) is 5.69 Å². The van der Waals surface area contributed by atoms with E-state index in [0.717, 1.165) is 24.4 Å². The number of aromatic carboxylic acids is 1. The van der Waals surface area contributed by atoms with Crippen LogP contribution in [0.15, 0.2) is 18.3 Å². The molecule has 20 heavy (non-hydrogen) atoms. The van der Waals surface area contributed by atoms with Crippen LogP contribution in [0.4, 0.5) is 5.00 Å². The van der Waals surface area contributed by atoms with Crippen LogP contribution in [0, 0.1) is 6.92 Å². The van der Waals surface area contributed by atoms with Crippen LogP contribution in [0.2, 0.25) is 0 Å². The second kappa shape index (κ2) is 4.75. The van der Waals surface area contributed by atoms with Gasteiger partial charge in [-0.2, -0.15) is 4.37 Å². The fourth-order valence-corrected chi connectivity index (χ4v) is 2.92. The molecule has 1 aliphatic carbocycles. The number of rotatable bonds is 4. The van der Waals surface area contributed by atoms with Crippen LogP contribution in [-0.4, -0.2) is 25.9 Å². The number of anilines is 1. The fraction of sp³-hybridized carbons (Fsp3) is 0.308. The molecule has 104 valence electrons. The maximum Gasteiger partial charge on any atom is 0.340 e. The van der Waals surface area contributed by atoms with Crippen LogP contribution in [0.5, 0.6) is 0 Å². The maximum atomic E-state index is 12.3. The highest BCUT2D eigenvalue weighted by Gasteiger charge is 2.27. The quantitative estimate of drug-likeness (QED) is 0.906. The summed E-state index contributed by atoms with van der Waals surface area (Å²) in [6, 6.07) is 3.96. The van der Waals surface area contributed by atoms with Crippen molar-refractivity contribution in [3.63, 3.8) is 0 Å². The number of carbonyl (C=O) groups is 2.